The Bertz CT molecular complexity index is 843. The zero-order valence-corrected chi connectivity index (χ0v) is 16.3. The number of anilines is 1. The highest BCUT2D eigenvalue weighted by Crippen LogP contribution is 2.30. The summed E-state index contributed by atoms with van der Waals surface area (Å²) in [7, 11) is 0. The Morgan fingerprint density at radius 2 is 1.85 bits per heavy atom. The predicted molar refractivity (Wildman–Crippen MR) is 103 cm³/mol. The van der Waals surface area contributed by atoms with E-state index in [0.29, 0.717) is 4.67 Å². The number of carbonyl (C=O) groups excluding carboxylic acids is 3. The summed E-state index contributed by atoms with van der Waals surface area (Å²) in [6.45, 7) is 1.69. The van der Waals surface area contributed by atoms with Crippen LogP contribution in [0.2, 0.25) is 0 Å². The van der Waals surface area contributed by atoms with Crippen molar-refractivity contribution in [3.05, 3.63) is 52.4 Å². The summed E-state index contributed by atoms with van der Waals surface area (Å²) in [6, 6.07) is 10.2. The molecule has 1 aromatic heterocycles. The Morgan fingerprint density at radius 3 is 2.44 bits per heavy atom. The zero-order valence-electron chi connectivity index (χ0n) is 14.8. The van der Waals surface area contributed by atoms with Crippen molar-refractivity contribution in [3.8, 4) is 0 Å². The molecule has 0 radical (unpaired) electrons. The summed E-state index contributed by atoms with van der Waals surface area (Å²) in [5.74, 6) is -0.429. The lowest BCUT2D eigenvalue weighted by Crippen LogP contribution is -2.37. The third kappa shape index (κ3) is 5.43. The van der Waals surface area contributed by atoms with Gasteiger partial charge in [-0.1, -0.05) is 12.1 Å². The molecule has 1 unspecified atom stereocenters. The Morgan fingerprint density at radius 1 is 1.15 bits per heavy atom. The molecule has 1 aliphatic carbocycles. The van der Waals surface area contributed by atoms with Crippen molar-refractivity contribution in [3.63, 3.8) is 0 Å². The van der Waals surface area contributed by atoms with Gasteiger partial charge in [0, 0.05) is 11.6 Å². The first-order valence-electron chi connectivity index (χ1n) is 8.66. The number of furan rings is 1. The molecule has 142 valence electrons. The molecular weight excluding hydrogens is 414 g/mol. The highest BCUT2D eigenvalue weighted by atomic mass is 79.9. The van der Waals surface area contributed by atoms with Crippen molar-refractivity contribution < 1.29 is 18.8 Å². The molecule has 1 atom stereocenters. The number of rotatable bonds is 7. The second-order valence-electron chi connectivity index (χ2n) is 6.46. The second kappa shape index (κ2) is 8.39. The van der Waals surface area contributed by atoms with Gasteiger partial charge in [0.15, 0.2) is 10.4 Å². The summed E-state index contributed by atoms with van der Waals surface area (Å²) in [4.78, 5) is 35.7. The summed E-state index contributed by atoms with van der Waals surface area (Å²) >= 11 is 3.12. The van der Waals surface area contributed by atoms with Crippen molar-refractivity contribution in [2.24, 2.45) is 5.92 Å². The van der Waals surface area contributed by atoms with E-state index in [1.165, 1.54) is 6.07 Å². The molecule has 0 aliphatic heterocycles. The van der Waals surface area contributed by atoms with Crippen LogP contribution in [0.5, 0.6) is 0 Å². The number of amides is 3. The van der Waals surface area contributed by atoms with Crippen molar-refractivity contribution >= 4 is 39.3 Å². The summed E-state index contributed by atoms with van der Waals surface area (Å²) in [5, 5.41) is 8.19. The van der Waals surface area contributed by atoms with E-state index in [1.54, 1.807) is 6.07 Å². The lowest BCUT2D eigenvalue weighted by Gasteiger charge is -2.15. The Hall–Kier alpha value is -2.61. The van der Waals surface area contributed by atoms with Crippen LogP contribution in [0.3, 0.4) is 0 Å². The average Bonchev–Trinajstić information content (AvgIpc) is 3.41. The first kappa shape index (κ1) is 19.2. The molecular formula is C19H20BrN3O4. The monoisotopic (exact) mass is 433 g/mol. The molecule has 1 aliphatic rings. The van der Waals surface area contributed by atoms with Gasteiger partial charge in [-0.3, -0.25) is 14.4 Å². The van der Waals surface area contributed by atoms with Crippen LogP contribution in [0.1, 0.15) is 41.9 Å². The van der Waals surface area contributed by atoms with Crippen molar-refractivity contribution in [1.82, 2.24) is 10.6 Å². The van der Waals surface area contributed by atoms with Crippen molar-refractivity contribution in [1.29, 1.82) is 0 Å². The number of halogens is 1. The van der Waals surface area contributed by atoms with E-state index in [4.69, 9.17) is 4.42 Å². The number of benzene rings is 1. The topological polar surface area (TPSA) is 100 Å². The van der Waals surface area contributed by atoms with E-state index in [2.05, 4.69) is 31.9 Å². The van der Waals surface area contributed by atoms with Crippen LogP contribution in [0.4, 0.5) is 5.69 Å². The maximum absolute atomic E-state index is 12.0. The van der Waals surface area contributed by atoms with Gasteiger partial charge in [0.1, 0.15) is 0 Å². The SMILES string of the molecule is CC(NC(=O)CNC(=O)c1ccc(Br)o1)c1ccc(NC(=O)C2CC2)cc1. The van der Waals surface area contributed by atoms with Gasteiger partial charge >= 0.3 is 0 Å². The normalized spacial score (nSPS) is 14.3. The molecule has 1 saturated carbocycles. The van der Waals surface area contributed by atoms with Gasteiger partial charge in [0.25, 0.3) is 5.91 Å². The van der Waals surface area contributed by atoms with Crippen molar-refractivity contribution in [2.45, 2.75) is 25.8 Å². The van der Waals surface area contributed by atoms with E-state index in [-0.39, 0.29) is 36.1 Å². The van der Waals surface area contributed by atoms with Crippen LogP contribution in [-0.2, 0) is 9.59 Å². The van der Waals surface area contributed by atoms with Gasteiger partial charge in [0.2, 0.25) is 11.8 Å². The minimum Gasteiger partial charge on any atom is -0.444 e. The van der Waals surface area contributed by atoms with E-state index in [1.807, 2.05) is 31.2 Å². The van der Waals surface area contributed by atoms with E-state index in [0.717, 1.165) is 24.1 Å². The first-order chi connectivity index (χ1) is 12.9. The van der Waals surface area contributed by atoms with E-state index in [9.17, 15) is 14.4 Å². The Balaban J connectivity index is 1.45. The van der Waals surface area contributed by atoms with Gasteiger partial charge in [0.05, 0.1) is 12.6 Å². The molecule has 0 spiro atoms. The first-order valence-corrected chi connectivity index (χ1v) is 9.45. The van der Waals surface area contributed by atoms with Crippen molar-refractivity contribution in [2.75, 3.05) is 11.9 Å². The molecule has 7 nitrogen and oxygen atoms in total. The largest absolute Gasteiger partial charge is 0.444 e. The Kier molecular flexibility index (Phi) is 5.95. The minimum absolute atomic E-state index is 0.0587. The molecule has 8 heteroatoms. The maximum Gasteiger partial charge on any atom is 0.287 e. The molecule has 2 aromatic rings. The number of nitrogens with one attached hydrogen (secondary N) is 3. The molecule has 0 bridgehead atoms. The summed E-state index contributed by atoms with van der Waals surface area (Å²) in [5.41, 5.74) is 1.64. The zero-order chi connectivity index (χ0) is 19.4. The van der Waals surface area contributed by atoms with Crippen LogP contribution in [0.25, 0.3) is 0 Å². The van der Waals surface area contributed by atoms with Gasteiger partial charge in [-0.25, -0.2) is 0 Å². The third-order valence-corrected chi connectivity index (χ3v) is 4.64. The summed E-state index contributed by atoms with van der Waals surface area (Å²) in [6.07, 6.45) is 1.92. The van der Waals surface area contributed by atoms with E-state index < -0.39 is 5.91 Å². The average molecular weight is 434 g/mol. The van der Waals surface area contributed by atoms with Crippen LogP contribution in [0, 0.1) is 5.92 Å². The van der Waals surface area contributed by atoms with Crippen LogP contribution in [-0.4, -0.2) is 24.3 Å². The number of hydrogen-bond donors (Lipinski definition) is 3. The Labute approximate surface area is 165 Å². The molecule has 0 saturated heterocycles. The van der Waals surface area contributed by atoms with Gasteiger partial charge < -0.3 is 20.4 Å². The predicted octanol–water partition coefficient (Wildman–Crippen LogP) is 3.00. The fourth-order valence-corrected chi connectivity index (χ4v) is 2.81. The third-order valence-electron chi connectivity index (χ3n) is 4.21. The van der Waals surface area contributed by atoms with Gasteiger partial charge in [-0.2, -0.15) is 0 Å². The molecule has 3 rings (SSSR count). The number of hydrogen-bond acceptors (Lipinski definition) is 4. The smallest absolute Gasteiger partial charge is 0.287 e. The standard InChI is InChI=1S/C19H20BrN3O4/c1-11(12-4-6-14(7-5-12)23-18(25)13-2-3-13)22-17(24)10-21-19(26)15-8-9-16(20)27-15/h4-9,11,13H,2-3,10H2,1H3,(H,21,26)(H,22,24)(H,23,25). The van der Waals surface area contributed by atoms with Gasteiger partial charge in [-0.05, 0) is 65.5 Å². The molecule has 1 fully saturated rings. The lowest BCUT2D eigenvalue weighted by atomic mass is 10.1. The van der Waals surface area contributed by atoms with Crippen LogP contribution < -0.4 is 16.0 Å². The molecule has 1 heterocycles. The summed E-state index contributed by atoms with van der Waals surface area (Å²) < 4.78 is 5.57. The molecule has 3 N–H and O–H groups in total. The highest BCUT2D eigenvalue weighted by molar-refractivity contribution is 9.10. The molecule has 1 aromatic carbocycles. The minimum atomic E-state index is -0.459. The highest BCUT2D eigenvalue weighted by Gasteiger charge is 2.29. The van der Waals surface area contributed by atoms with Crippen LogP contribution >= 0.6 is 15.9 Å². The van der Waals surface area contributed by atoms with Crippen LogP contribution in [0.15, 0.2) is 45.5 Å². The molecule has 3 amide bonds. The molecule has 27 heavy (non-hydrogen) atoms. The van der Waals surface area contributed by atoms with E-state index >= 15 is 0 Å². The fourth-order valence-electron chi connectivity index (χ4n) is 2.50. The fraction of sp³-hybridized carbons (Fsp3) is 0.316. The van der Waals surface area contributed by atoms with Gasteiger partial charge in [-0.15, -0.1) is 0 Å². The second-order valence-corrected chi connectivity index (χ2v) is 7.24. The lowest BCUT2D eigenvalue weighted by molar-refractivity contribution is -0.120. The maximum atomic E-state index is 12.0. The number of carbonyl (C=O) groups is 3. The quantitative estimate of drug-likeness (QED) is 0.624.